The van der Waals surface area contributed by atoms with Crippen molar-refractivity contribution in [3.8, 4) is 0 Å². The minimum absolute atomic E-state index is 0.00282. The van der Waals surface area contributed by atoms with Crippen molar-refractivity contribution in [3.05, 3.63) is 0 Å². The van der Waals surface area contributed by atoms with Gasteiger partial charge < -0.3 is 4.74 Å². The van der Waals surface area contributed by atoms with Crippen LogP contribution in [0.25, 0.3) is 0 Å². The van der Waals surface area contributed by atoms with Crippen LogP contribution in [0.1, 0.15) is 25.7 Å². The predicted molar refractivity (Wildman–Crippen MR) is 176 cm³/mol. The quantitative estimate of drug-likeness (QED) is 0.0403. The number of nitrogens with one attached hydrogen (secondary N) is 2. The summed E-state index contributed by atoms with van der Waals surface area (Å²) in [6.07, 6.45) is -9.19. The number of carbonyl (C=O) groups is 4. The molecular formula is C29H55BN6O14. The molecule has 0 aromatic carbocycles. The van der Waals surface area contributed by atoms with Crippen molar-refractivity contribution in [2.24, 2.45) is 0 Å². The average molecular weight is 723 g/mol. The summed E-state index contributed by atoms with van der Waals surface area (Å²) in [5, 5.41) is 83.9. The molecule has 0 radical (unpaired) electrons. The zero-order valence-electron chi connectivity index (χ0n) is 29.1. The van der Waals surface area contributed by atoms with Crippen LogP contribution in [0.15, 0.2) is 0 Å². The van der Waals surface area contributed by atoms with E-state index in [1.54, 1.807) is 0 Å². The maximum atomic E-state index is 13.6. The fourth-order valence-electron chi connectivity index (χ4n) is 5.14. The Bertz CT molecular complexity index is 1090. The fourth-order valence-corrected chi connectivity index (χ4v) is 5.14. The van der Waals surface area contributed by atoms with E-state index in [1.807, 2.05) is 5.48 Å². The topological polar surface area (TPSA) is 286 Å². The van der Waals surface area contributed by atoms with Crippen molar-refractivity contribution in [1.29, 1.82) is 0 Å². The van der Waals surface area contributed by atoms with Gasteiger partial charge in [0.1, 0.15) is 0 Å². The maximum absolute atomic E-state index is 13.6. The summed E-state index contributed by atoms with van der Waals surface area (Å²) >= 11 is 0. The Labute approximate surface area is 292 Å². The predicted octanol–water partition coefficient (Wildman–Crippen LogP) is -6.73. The molecule has 288 valence electrons. The van der Waals surface area contributed by atoms with E-state index in [9.17, 15) is 55.0 Å². The fraction of sp³-hybridized carbons (Fsp3) is 0.828. The Morgan fingerprint density at radius 3 is 2.34 bits per heavy atom. The number of methoxy groups -OCH3 is 1. The molecule has 7 unspecified atom stereocenters. The van der Waals surface area contributed by atoms with E-state index in [2.05, 4.69) is 10.1 Å². The molecule has 0 saturated carbocycles. The Balaban J connectivity index is 3.44. The van der Waals surface area contributed by atoms with Crippen LogP contribution in [0.4, 0.5) is 0 Å². The third kappa shape index (κ3) is 15.5. The second kappa shape index (κ2) is 23.5. The first-order valence-electron chi connectivity index (χ1n) is 16.2. The van der Waals surface area contributed by atoms with Crippen molar-refractivity contribution in [1.82, 2.24) is 30.4 Å². The number of β-amino-alcohol motifs (C(OH)–C–C–N with tert-alkyl or cyclic N) is 2. The molecule has 0 bridgehead atoms. The van der Waals surface area contributed by atoms with Crippen molar-refractivity contribution < 1.29 is 69.5 Å². The Morgan fingerprint density at radius 2 is 1.74 bits per heavy atom. The SMILES string of the molecule is COC(=O)CN(C)C(=O)CN(C)C(=O)C1CCCN(CC(O)C(O)C(O)CCO)CC(O)C(C(O)CCO)OB=C(CNO)N(C)CC(=O)N1. The van der Waals surface area contributed by atoms with Gasteiger partial charge in [-0.2, -0.15) is 0 Å². The summed E-state index contributed by atoms with van der Waals surface area (Å²) in [4.78, 5) is 56.1. The van der Waals surface area contributed by atoms with Gasteiger partial charge in [-0.05, 0) is 0 Å². The van der Waals surface area contributed by atoms with Gasteiger partial charge in [-0.25, -0.2) is 0 Å². The first-order valence-corrected chi connectivity index (χ1v) is 16.2. The van der Waals surface area contributed by atoms with Gasteiger partial charge in [-0.1, -0.05) is 0 Å². The molecule has 1 aliphatic heterocycles. The number of ether oxygens (including phenoxy) is 1. The molecule has 0 spiro atoms. The molecule has 0 aromatic heterocycles. The van der Waals surface area contributed by atoms with Crippen LogP contribution in [0.2, 0.25) is 0 Å². The minimum atomic E-state index is -1.67. The Morgan fingerprint density at radius 1 is 1.08 bits per heavy atom. The van der Waals surface area contributed by atoms with Gasteiger partial charge in [0.05, 0.1) is 7.11 Å². The van der Waals surface area contributed by atoms with Crippen molar-refractivity contribution >= 4 is 36.4 Å². The van der Waals surface area contributed by atoms with Crippen LogP contribution >= 0.6 is 0 Å². The number of hydroxylamine groups is 1. The average Bonchev–Trinajstić information content (AvgIpc) is 3.06. The molecule has 21 heteroatoms. The molecular weight excluding hydrogens is 667 g/mol. The molecule has 3 amide bonds. The summed E-state index contributed by atoms with van der Waals surface area (Å²) < 4.78 is 10.3. The zero-order chi connectivity index (χ0) is 38.0. The van der Waals surface area contributed by atoms with E-state index in [4.69, 9.17) is 9.76 Å². The van der Waals surface area contributed by atoms with E-state index < -0.39 is 86.1 Å². The first-order chi connectivity index (χ1) is 23.6. The number of aliphatic hydroxyl groups excluding tert-OH is 7. The molecule has 0 aliphatic carbocycles. The van der Waals surface area contributed by atoms with Gasteiger partial charge in [-0.15, -0.1) is 0 Å². The molecule has 0 fully saturated rings. The Kier molecular flexibility index (Phi) is 21.2. The number of hydrogen-bond donors (Lipinski definition) is 10. The monoisotopic (exact) mass is 722 g/mol. The van der Waals surface area contributed by atoms with E-state index in [-0.39, 0.29) is 70.5 Å². The second-order valence-electron chi connectivity index (χ2n) is 12.2. The summed E-state index contributed by atoms with van der Waals surface area (Å²) in [6.45, 7) is -2.83. The van der Waals surface area contributed by atoms with Crippen molar-refractivity contribution in [3.63, 3.8) is 0 Å². The Hall–Kier alpha value is -2.99. The molecule has 1 aliphatic rings. The second-order valence-corrected chi connectivity index (χ2v) is 12.2. The normalized spacial score (nSPS) is 22.2. The number of esters is 1. The zero-order valence-corrected chi connectivity index (χ0v) is 29.1. The number of nitrogens with zero attached hydrogens (tertiary/aromatic N) is 4. The number of aliphatic hydroxyl groups is 7. The molecule has 20 nitrogen and oxygen atoms in total. The van der Waals surface area contributed by atoms with E-state index in [1.165, 1.54) is 38.1 Å². The van der Waals surface area contributed by atoms with Crippen LogP contribution in [0.3, 0.4) is 0 Å². The van der Waals surface area contributed by atoms with Gasteiger partial charge in [-0.3, -0.25) is 4.79 Å². The number of carbonyl (C=O) groups excluding carboxylic acids is 4. The molecule has 0 aromatic rings. The first kappa shape index (κ1) is 45.0. The molecule has 50 heavy (non-hydrogen) atoms. The summed E-state index contributed by atoms with van der Waals surface area (Å²) in [5.41, 5.74) is 2.12. The van der Waals surface area contributed by atoms with Gasteiger partial charge >= 0.3 is 275 Å². The van der Waals surface area contributed by atoms with Crippen LogP contribution in [-0.4, -0.2) is 227 Å². The standard InChI is InChI=1S/C29H55BN6O14/c1-33-15-24(43)32-18(29(47)35(3)16-25(44)34(2)17-26(45)49-4)6-5-9-36(13-21(41)27(46)19(39)7-10-37)14-22(42)28(20(40)8-11-38)50-30-23(33)12-31-48/h18-22,27-28,31,37-42,46,48H,5-17H2,1-4H3,(H,32,43). The number of rotatable bonds is 16. The van der Waals surface area contributed by atoms with Gasteiger partial charge in [0, 0.05) is 0 Å². The van der Waals surface area contributed by atoms with Crippen LogP contribution in [0, 0.1) is 0 Å². The molecule has 10 N–H and O–H groups in total. The van der Waals surface area contributed by atoms with Crippen molar-refractivity contribution in [2.75, 3.05) is 87.3 Å². The van der Waals surface area contributed by atoms with E-state index >= 15 is 0 Å². The third-order valence-electron chi connectivity index (χ3n) is 8.15. The summed E-state index contributed by atoms with van der Waals surface area (Å²) in [7, 11) is 6.46. The molecule has 0 saturated heterocycles. The molecule has 1 heterocycles. The number of likely N-dealkylation sites (N-methyl/N-ethyl adjacent to an activating group) is 3. The van der Waals surface area contributed by atoms with Crippen LogP contribution < -0.4 is 10.8 Å². The van der Waals surface area contributed by atoms with Crippen LogP contribution in [-0.2, 0) is 28.6 Å². The summed E-state index contributed by atoms with van der Waals surface area (Å²) in [6, 6.07) is -1.17. The molecule has 7 atom stereocenters. The summed E-state index contributed by atoms with van der Waals surface area (Å²) in [5.74, 6) is -2.50. The molecule has 1 rings (SSSR count). The van der Waals surface area contributed by atoms with E-state index in [0.29, 0.717) is 0 Å². The number of hydrogen-bond acceptors (Lipinski definition) is 17. The van der Waals surface area contributed by atoms with Gasteiger partial charge in [0.2, 0.25) is 0 Å². The van der Waals surface area contributed by atoms with E-state index in [0.717, 1.165) is 16.9 Å². The van der Waals surface area contributed by atoms with Gasteiger partial charge in [0.15, 0.2) is 0 Å². The third-order valence-corrected chi connectivity index (χ3v) is 8.15. The number of amides is 3. The van der Waals surface area contributed by atoms with Crippen LogP contribution in [0.5, 0.6) is 0 Å². The van der Waals surface area contributed by atoms with Crippen molar-refractivity contribution in [2.45, 2.75) is 68.3 Å². The van der Waals surface area contributed by atoms with Gasteiger partial charge in [0.25, 0.3) is 0 Å².